The first-order valence-corrected chi connectivity index (χ1v) is 9.42. The zero-order chi connectivity index (χ0) is 20.8. The van der Waals surface area contributed by atoms with Gasteiger partial charge in [0, 0.05) is 18.5 Å². The molecule has 2 amide bonds. The Balaban J connectivity index is 1.44. The molecule has 0 atom stereocenters. The summed E-state index contributed by atoms with van der Waals surface area (Å²) in [7, 11) is 0. The number of fused-ring (bicyclic) bond motifs is 1. The molecule has 2 N–H and O–H groups in total. The number of rotatable bonds is 7. The molecule has 8 heteroatoms. The fourth-order valence-electron chi connectivity index (χ4n) is 3.01. The van der Waals surface area contributed by atoms with Gasteiger partial charge in [0.05, 0.1) is 17.6 Å². The highest BCUT2D eigenvalue weighted by molar-refractivity contribution is 5.98. The number of carbonyl (C=O) groups excluding carboxylic acids is 2. The maximum Gasteiger partial charge on any atom is 0.269 e. The van der Waals surface area contributed by atoms with Crippen LogP contribution in [0.15, 0.2) is 42.5 Å². The first-order chi connectivity index (χ1) is 14.0. The van der Waals surface area contributed by atoms with Gasteiger partial charge in [0.25, 0.3) is 5.91 Å². The second-order valence-corrected chi connectivity index (χ2v) is 6.52. The maximum absolute atomic E-state index is 12.8. The van der Waals surface area contributed by atoms with Crippen molar-refractivity contribution in [1.82, 2.24) is 20.4 Å². The molecule has 152 valence electrons. The number of halogens is 1. The molecule has 0 aliphatic heterocycles. The number of benzene rings is 2. The van der Waals surface area contributed by atoms with E-state index in [9.17, 15) is 14.0 Å². The van der Waals surface area contributed by atoms with Crippen molar-refractivity contribution in [2.24, 2.45) is 0 Å². The third-order valence-corrected chi connectivity index (χ3v) is 4.46. The van der Waals surface area contributed by atoms with Crippen LogP contribution in [-0.4, -0.2) is 28.0 Å². The van der Waals surface area contributed by atoms with Crippen LogP contribution in [0.2, 0.25) is 0 Å². The van der Waals surface area contributed by atoms with E-state index in [2.05, 4.69) is 20.4 Å². The van der Waals surface area contributed by atoms with Crippen molar-refractivity contribution in [3.8, 4) is 5.75 Å². The van der Waals surface area contributed by atoms with Gasteiger partial charge >= 0.3 is 0 Å². The zero-order valence-corrected chi connectivity index (χ0v) is 16.4. The summed E-state index contributed by atoms with van der Waals surface area (Å²) in [4.78, 5) is 28.6. The van der Waals surface area contributed by atoms with Crippen LogP contribution in [0.5, 0.6) is 5.75 Å². The average Bonchev–Trinajstić information content (AvgIpc) is 3.04. The first kappa shape index (κ1) is 20.3. The Morgan fingerprint density at radius 3 is 2.62 bits per heavy atom. The molecule has 0 unspecified atom stereocenters. The van der Waals surface area contributed by atoms with Crippen LogP contribution in [0, 0.1) is 12.7 Å². The van der Waals surface area contributed by atoms with Crippen LogP contribution in [-0.2, 0) is 11.3 Å². The molecule has 1 aromatic heterocycles. The van der Waals surface area contributed by atoms with E-state index in [4.69, 9.17) is 4.74 Å². The molecule has 0 fully saturated rings. The number of hydrogen-bond donors (Lipinski definition) is 2. The molecule has 0 bridgehead atoms. The Bertz CT molecular complexity index is 1010. The van der Waals surface area contributed by atoms with Crippen molar-refractivity contribution >= 4 is 22.8 Å². The van der Waals surface area contributed by atoms with Gasteiger partial charge in [-0.3, -0.25) is 20.4 Å². The monoisotopic (exact) mass is 398 g/mol. The number of nitrogens with zero attached hydrogens (tertiary/aromatic N) is 2. The van der Waals surface area contributed by atoms with E-state index in [1.165, 1.54) is 24.3 Å². The van der Waals surface area contributed by atoms with Gasteiger partial charge in [-0.25, -0.2) is 9.37 Å². The van der Waals surface area contributed by atoms with Crippen LogP contribution in [0.25, 0.3) is 11.0 Å². The van der Waals surface area contributed by atoms with Crippen molar-refractivity contribution < 1.29 is 18.7 Å². The molecule has 3 rings (SSSR count). The molecule has 0 aliphatic rings. The lowest BCUT2D eigenvalue weighted by molar-refractivity contribution is -0.122. The van der Waals surface area contributed by atoms with Crippen LogP contribution in [0.4, 0.5) is 4.39 Å². The van der Waals surface area contributed by atoms with Gasteiger partial charge < -0.3 is 9.30 Å². The second kappa shape index (κ2) is 9.18. The van der Waals surface area contributed by atoms with Crippen LogP contribution in [0.3, 0.4) is 0 Å². The summed E-state index contributed by atoms with van der Waals surface area (Å²) in [5, 5.41) is 0. The van der Waals surface area contributed by atoms with E-state index in [-0.39, 0.29) is 18.1 Å². The quantitative estimate of drug-likeness (QED) is 0.473. The van der Waals surface area contributed by atoms with E-state index >= 15 is 0 Å². The SMILES string of the molecule is CCn1c(C)nc2cc(C(=O)NNC(=O)CCCOc3ccc(F)cc3)ccc21. The van der Waals surface area contributed by atoms with Gasteiger partial charge in [-0.15, -0.1) is 0 Å². The molecule has 0 aliphatic carbocycles. The minimum Gasteiger partial charge on any atom is -0.494 e. The van der Waals surface area contributed by atoms with Crippen molar-refractivity contribution in [3.05, 3.63) is 59.7 Å². The number of ether oxygens (including phenoxy) is 1. The number of nitrogens with one attached hydrogen (secondary N) is 2. The number of hydrogen-bond acceptors (Lipinski definition) is 4. The van der Waals surface area contributed by atoms with Crippen molar-refractivity contribution in [3.63, 3.8) is 0 Å². The largest absolute Gasteiger partial charge is 0.494 e. The van der Waals surface area contributed by atoms with Gasteiger partial charge in [0.1, 0.15) is 17.4 Å². The summed E-state index contributed by atoms with van der Waals surface area (Å²) in [5.41, 5.74) is 6.92. The molecule has 0 saturated carbocycles. The molecule has 0 radical (unpaired) electrons. The summed E-state index contributed by atoms with van der Waals surface area (Å²) in [6.45, 7) is 5.07. The van der Waals surface area contributed by atoms with Gasteiger partial charge in [-0.2, -0.15) is 0 Å². The number of imidazole rings is 1. The molecule has 0 spiro atoms. The number of aryl methyl sites for hydroxylation is 2. The van der Waals surface area contributed by atoms with Crippen molar-refractivity contribution in [2.45, 2.75) is 33.2 Å². The minimum atomic E-state index is -0.411. The smallest absolute Gasteiger partial charge is 0.269 e. The lowest BCUT2D eigenvalue weighted by Crippen LogP contribution is -2.41. The fourth-order valence-corrected chi connectivity index (χ4v) is 3.01. The Morgan fingerprint density at radius 2 is 1.90 bits per heavy atom. The van der Waals surface area contributed by atoms with Gasteiger partial charge in [0.2, 0.25) is 5.91 Å². The van der Waals surface area contributed by atoms with E-state index in [1.54, 1.807) is 12.1 Å². The second-order valence-electron chi connectivity index (χ2n) is 6.52. The average molecular weight is 398 g/mol. The van der Waals surface area contributed by atoms with E-state index in [0.29, 0.717) is 24.3 Å². The highest BCUT2D eigenvalue weighted by Crippen LogP contribution is 2.17. The van der Waals surface area contributed by atoms with Crippen LogP contribution in [0.1, 0.15) is 35.9 Å². The number of aromatic nitrogens is 2. The predicted octanol–water partition coefficient (Wildman–Crippen LogP) is 3.12. The molecule has 3 aromatic rings. The summed E-state index contributed by atoms with van der Waals surface area (Å²) in [5.74, 6) is 0.354. The molecule has 29 heavy (non-hydrogen) atoms. The number of carbonyl (C=O) groups is 2. The predicted molar refractivity (Wildman–Crippen MR) is 107 cm³/mol. The lowest BCUT2D eigenvalue weighted by atomic mass is 10.2. The summed E-state index contributed by atoms with van der Waals surface area (Å²) < 4.78 is 20.3. The molecule has 7 nitrogen and oxygen atoms in total. The fraction of sp³-hybridized carbons (Fsp3) is 0.286. The summed E-state index contributed by atoms with van der Waals surface area (Å²) in [6, 6.07) is 10.9. The summed E-state index contributed by atoms with van der Waals surface area (Å²) in [6.07, 6.45) is 0.638. The third kappa shape index (κ3) is 5.10. The Labute approximate surface area is 167 Å². The first-order valence-electron chi connectivity index (χ1n) is 9.42. The standard InChI is InChI=1S/C21H23FN4O3/c1-3-26-14(2)23-18-13-15(6-11-19(18)26)21(28)25-24-20(27)5-4-12-29-17-9-7-16(22)8-10-17/h6-11,13H,3-5,12H2,1-2H3,(H,24,27)(H,25,28). The Kier molecular flexibility index (Phi) is 6.43. The highest BCUT2D eigenvalue weighted by atomic mass is 19.1. The third-order valence-electron chi connectivity index (χ3n) is 4.46. The molecule has 1 heterocycles. The van der Waals surface area contributed by atoms with E-state index in [1.807, 2.05) is 19.9 Å². The minimum absolute atomic E-state index is 0.181. The van der Waals surface area contributed by atoms with Crippen LogP contribution < -0.4 is 15.6 Å². The zero-order valence-electron chi connectivity index (χ0n) is 16.4. The molecular weight excluding hydrogens is 375 g/mol. The Hall–Kier alpha value is -3.42. The van der Waals surface area contributed by atoms with Crippen molar-refractivity contribution in [2.75, 3.05) is 6.61 Å². The van der Waals surface area contributed by atoms with E-state index < -0.39 is 5.91 Å². The van der Waals surface area contributed by atoms with Gasteiger partial charge in [0.15, 0.2) is 0 Å². The van der Waals surface area contributed by atoms with Gasteiger partial charge in [-0.05, 0) is 62.7 Å². The molecule has 0 saturated heterocycles. The number of amides is 2. The Morgan fingerprint density at radius 1 is 1.14 bits per heavy atom. The molecular formula is C21H23FN4O3. The van der Waals surface area contributed by atoms with E-state index in [0.717, 1.165) is 23.4 Å². The van der Waals surface area contributed by atoms with Gasteiger partial charge in [-0.1, -0.05) is 0 Å². The lowest BCUT2D eigenvalue weighted by Gasteiger charge is -2.09. The highest BCUT2D eigenvalue weighted by Gasteiger charge is 2.11. The topological polar surface area (TPSA) is 85.3 Å². The number of hydrazine groups is 1. The summed E-state index contributed by atoms with van der Waals surface area (Å²) >= 11 is 0. The molecule has 2 aromatic carbocycles. The van der Waals surface area contributed by atoms with Crippen molar-refractivity contribution in [1.29, 1.82) is 0 Å². The maximum atomic E-state index is 12.8. The normalized spacial score (nSPS) is 10.7. The van der Waals surface area contributed by atoms with Crippen LogP contribution >= 0.6 is 0 Å².